The molecule has 0 saturated heterocycles. The number of rotatable bonds is 43. The molecule has 53 heavy (non-hydrogen) atoms. The van der Waals surface area contributed by atoms with Gasteiger partial charge in [-0.2, -0.15) is 8.42 Å². The standard InChI is InChI=1S/C46H91NO5S/c1-3-5-7-9-11-13-15-17-19-21-23-24-25-27-29-31-33-35-37-39-41-45(48)44(43-53(50,51)52)47-46(49)42-40-38-36-34-32-30-28-26-22-20-18-16-14-12-10-8-6-4-2/h20,22,44-45,48H,3-19,21,23-43H2,1-2H3,(H,47,49)(H,50,51,52)/b22-20-. The molecule has 2 atom stereocenters. The van der Waals surface area contributed by atoms with Crippen LogP contribution in [0.2, 0.25) is 0 Å². The summed E-state index contributed by atoms with van der Waals surface area (Å²) < 4.78 is 32.7. The van der Waals surface area contributed by atoms with Crippen LogP contribution in [-0.2, 0) is 14.9 Å². The van der Waals surface area contributed by atoms with E-state index in [0.29, 0.717) is 12.8 Å². The number of allylic oxidation sites excluding steroid dienone is 2. The fourth-order valence-electron chi connectivity index (χ4n) is 7.45. The number of amides is 1. The minimum absolute atomic E-state index is 0.246. The molecule has 3 N–H and O–H groups in total. The predicted molar refractivity (Wildman–Crippen MR) is 230 cm³/mol. The summed E-state index contributed by atoms with van der Waals surface area (Å²) in [5.74, 6) is -0.891. The van der Waals surface area contributed by atoms with Crippen LogP contribution in [0.5, 0.6) is 0 Å². The topological polar surface area (TPSA) is 104 Å². The summed E-state index contributed by atoms with van der Waals surface area (Å²) in [6, 6.07) is -0.970. The van der Waals surface area contributed by atoms with Gasteiger partial charge >= 0.3 is 0 Å². The van der Waals surface area contributed by atoms with Crippen LogP contribution in [0.3, 0.4) is 0 Å². The fraction of sp³-hybridized carbons (Fsp3) is 0.935. The maximum Gasteiger partial charge on any atom is 0.266 e. The highest BCUT2D eigenvalue weighted by molar-refractivity contribution is 7.85. The number of unbranched alkanes of at least 4 members (excludes halogenated alkanes) is 33. The molecule has 316 valence electrons. The zero-order chi connectivity index (χ0) is 38.9. The van der Waals surface area contributed by atoms with Gasteiger partial charge in [0, 0.05) is 6.42 Å². The summed E-state index contributed by atoms with van der Waals surface area (Å²) in [4.78, 5) is 12.6. The van der Waals surface area contributed by atoms with Crippen LogP contribution in [0.15, 0.2) is 12.2 Å². The molecule has 7 heteroatoms. The lowest BCUT2D eigenvalue weighted by Crippen LogP contribution is -2.47. The number of aliphatic hydroxyl groups excluding tert-OH is 1. The van der Waals surface area contributed by atoms with Crippen molar-refractivity contribution in [1.29, 1.82) is 0 Å². The third-order valence-electron chi connectivity index (χ3n) is 11.0. The molecule has 0 aliphatic heterocycles. The van der Waals surface area contributed by atoms with E-state index >= 15 is 0 Å². The molecule has 0 rings (SSSR count). The van der Waals surface area contributed by atoms with Gasteiger partial charge in [0.2, 0.25) is 5.91 Å². The number of carbonyl (C=O) groups excluding carboxylic acids is 1. The summed E-state index contributed by atoms with van der Waals surface area (Å²) in [6.45, 7) is 4.54. The number of carbonyl (C=O) groups is 1. The molecule has 0 heterocycles. The Morgan fingerprint density at radius 2 is 0.792 bits per heavy atom. The van der Waals surface area contributed by atoms with Gasteiger partial charge in [-0.25, -0.2) is 0 Å². The molecule has 0 aromatic carbocycles. The first-order valence-electron chi connectivity index (χ1n) is 23.4. The Hall–Kier alpha value is -0.920. The third kappa shape index (κ3) is 42.1. The second-order valence-electron chi connectivity index (χ2n) is 16.4. The van der Waals surface area contributed by atoms with E-state index in [1.165, 1.54) is 193 Å². The van der Waals surface area contributed by atoms with Gasteiger partial charge in [-0.1, -0.05) is 225 Å². The maximum atomic E-state index is 12.6. The maximum absolute atomic E-state index is 12.6. The van der Waals surface area contributed by atoms with Crippen LogP contribution >= 0.6 is 0 Å². The Labute approximate surface area is 331 Å². The number of aliphatic hydroxyl groups is 1. The SMILES string of the molecule is CCCCCCCCC/C=C\CCCCCCCCCC(=O)NC(CS(=O)(=O)O)C(O)CCCCCCCCCCCCCCCCCCCCCC. The zero-order valence-electron chi connectivity index (χ0n) is 35.4. The second-order valence-corrected chi connectivity index (χ2v) is 17.9. The predicted octanol–water partition coefficient (Wildman–Crippen LogP) is 14.1. The highest BCUT2D eigenvalue weighted by Crippen LogP contribution is 2.17. The van der Waals surface area contributed by atoms with Crippen molar-refractivity contribution in [3.05, 3.63) is 12.2 Å². The Kier molecular flexibility index (Phi) is 40.0. The Bertz CT molecular complexity index is 892. The van der Waals surface area contributed by atoms with Crippen LogP contribution in [0.1, 0.15) is 258 Å². The van der Waals surface area contributed by atoms with E-state index in [1.54, 1.807) is 0 Å². The number of hydrogen-bond acceptors (Lipinski definition) is 4. The van der Waals surface area contributed by atoms with Crippen molar-refractivity contribution in [3.63, 3.8) is 0 Å². The van der Waals surface area contributed by atoms with Gasteiger partial charge in [0.05, 0.1) is 17.9 Å². The zero-order valence-corrected chi connectivity index (χ0v) is 36.2. The molecule has 0 aromatic heterocycles. The Morgan fingerprint density at radius 1 is 0.491 bits per heavy atom. The van der Waals surface area contributed by atoms with Gasteiger partial charge in [-0.15, -0.1) is 0 Å². The fourth-order valence-corrected chi connectivity index (χ4v) is 8.21. The van der Waals surface area contributed by atoms with Crippen LogP contribution in [0, 0.1) is 0 Å². The molecule has 1 amide bonds. The summed E-state index contributed by atoms with van der Waals surface area (Å²) >= 11 is 0. The Balaban J connectivity index is 3.78. The summed E-state index contributed by atoms with van der Waals surface area (Å²) in [5, 5.41) is 13.4. The molecule has 0 fully saturated rings. The first kappa shape index (κ1) is 52.1. The summed E-state index contributed by atoms with van der Waals surface area (Å²) in [6.07, 6.45) is 50.2. The van der Waals surface area contributed by atoms with E-state index in [2.05, 4.69) is 31.3 Å². The van der Waals surface area contributed by atoms with Crippen molar-refractivity contribution in [3.8, 4) is 0 Å². The molecule has 2 unspecified atom stereocenters. The number of hydrogen-bond donors (Lipinski definition) is 3. The molecule has 0 bridgehead atoms. The van der Waals surface area contributed by atoms with Crippen LogP contribution in [0.4, 0.5) is 0 Å². The second kappa shape index (κ2) is 40.7. The van der Waals surface area contributed by atoms with Crippen LogP contribution < -0.4 is 5.32 Å². The minimum atomic E-state index is -4.31. The highest BCUT2D eigenvalue weighted by atomic mass is 32.2. The lowest BCUT2D eigenvalue weighted by Gasteiger charge is -2.23. The molecule has 0 aliphatic carbocycles. The highest BCUT2D eigenvalue weighted by Gasteiger charge is 2.26. The van der Waals surface area contributed by atoms with Crippen molar-refractivity contribution >= 4 is 16.0 Å². The molecule has 0 saturated carbocycles. The van der Waals surface area contributed by atoms with E-state index < -0.39 is 28.0 Å². The molecular formula is C46H91NO5S. The minimum Gasteiger partial charge on any atom is -0.391 e. The third-order valence-corrected chi connectivity index (χ3v) is 11.8. The van der Waals surface area contributed by atoms with Crippen molar-refractivity contribution in [2.75, 3.05) is 5.75 Å². The van der Waals surface area contributed by atoms with E-state index in [9.17, 15) is 22.9 Å². The van der Waals surface area contributed by atoms with Gasteiger partial charge in [-0.05, 0) is 38.5 Å². The van der Waals surface area contributed by atoms with Gasteiger partial charge in [0.1, 0.15) is 0 Å². The van der Waals surface area contributed by atoms with Gasteiger partial charge in [0.25, 0.3) is 10.1 Å². The van der Waals surface area contributed by atoms with Gasteiger partial charge in [-0.3, -0.25) is 9.35 Å². The van der Waals surface area contributed by atoms with Crippen molar-refractivity contribution in [2.24, 2.45) is 0 Å². The Morgan fingerprint density at radius 3 is 1.13 bits per heavy atom. The van der Waals surface area contributed by atoms with Crippen molar-refractivity contribution in [2.45, 2.75) is 270 Å². The van der Waals surface area contributed by atoms with Gasteiger partial charge in [0.15, 0.2) is 0 Å². The van der Waals surface area contributed by atoms with Crippen molar-refractivity contribution < 1.29 is 22.9 Å². The van der Waals surface area contributed by atoms with E-state index in [-0.39, 0.29) is 5.91 Å². The molecule has 0 radical (unpaired) electrons. The molecule has 0 spiro atoms. The lowest BCUT2D eigenvalue weighted by molar-refractivity contribution is -0.122. The largest absolute Gasteiger partial charge is 0.391 e. The molecule has 6 nitrogen and oxygen atoms in total. The van der Waals surface area contributed by atoms with E-state index in [4.69, 9.17) is 0 Å². The number of nitrogens with one attached hydrogen (secondary N) is 1. The average Bonchev–Trinajstić information content (AvgIpc) is 3.12. The first-order valence-corrected chi connectivity index (χ1v) is 25.0. The van der Waals surface area contributed by atoms with Gasteiger partial charge < -0.3 is 10.4 Å². The molecule has 0 aromatic rings. The average molecular weight is 770 g/mol. The van der Waals surface area contributed by atoms with Crippen LogP contribution in [-0.4, -0.2) is 41.9 Å². The van der Waals surface area contributed by atoms with E-state index in [0.717, 1.165) is 38.5 Å². The summed E-state index contributed by atoms with van der Waals surface area (Å²) in [7, 11) is -4.31. The smallest absolute Gasteiger partial charge is 0.266 e. The van der Waals surface area contributed by atoms with E-state index in [1.807, 2.05) is 0 Å². The quantitative estimate of drug-likeness (QED) is 0.0325. The van der Waals surface area contributed by atoms with Crippen molar-refractivity contribution in [1.82, 2.24) is 5.32 Å². The first-order chi connectivity index (χ1) is 25.8. The normalized spacial score (nSPS) is 13.2. The lowest BCUT2D eigenvalue weighted by atomic mass is 10.0. The monoisotopic (exact) mass is 770 g/mol. The summed E-state index contributed by atoms with van der Waals surface area (Å²) in [5.41, 5.74) is 0. The van der Waals surface area contributed by atoms with Crippen LogP contribution in [0.25, 0.3) is 0 Å². The molecular weight excluding hydrogens is 679 g/mol. The molecule has 0 aliphatic rings.